The Morgan fingerprint density at radius 3 is 2.59 bits per heavy atom. The lowest BCUT2D eigenvalue weighted by Gasteiger charge is -2.17. The van der Waals surface area contributed by atoms with Crippen LogP contribution >= 0.6 is 11.6 Å². The molecule has 0 atom stereocenters. The van der Waals surface area contributed by atoms with E-state index >= 15 is 0 Å². The Kier molecular flexibility index (Phi) is 4.54. The predicted molar refractivity (Wildman–Crippen MR) is 66.3 cm³/mol. The third kappa shape index (κ3) is 3.20. The Balaban J connectivity index is 3.07. The van der Waals surface area contributed by atoms with Gasteiger partial charge in [0, 0.05) is 18.5 Å². The van der Waals surface area contributed by atoms with E-state index < -0.39 is 15.9 Å². The highest BCUT2D eigenvalue weighted by atomic mass is 35.5. The Morgan fingerprint density at radius 1 is 1.41 bits per heavy atom. The highest BCUT2D eigenvalue weighted by Gasteiger charge is 2.24. The molecule has 6 heteroatoms. The second-order valence-corrected chi connectivity index (χ2v) is 5.98. The second kappa shape index (κ2) is 5.51. The molecule has 0 N–H and O–H groups in total. The predicted octanol–water partition coefficient (Wildman–Crippen LogP) is 2.29. The number of hydrogen-bond acceptors (Lipinski definition) is 3. The third-order valence-corrected chi connectivity index (χ3v) is 4.28. The average Bonchev–Trinajstić information content (AvgIpc) is 2.28. The van der Waals surface area contributed by atoms with Gasteiger partial charge in [-0.2, -0.15) is 0 Å². The van der Waals surface area contributed by atoms with Gasteiger partial charge in [-0.3, -0.25) is 4.79 Å². The summed E-state index contributed by atoms with van der Waals surface area (Å²) in [4.78, 5) is 11.6. The Bertz CT molecular complexity index is 513. The number of rotatable bonds is 4. The van der Waals surface area contributed by atoms with Crippen LogP contribution in [-0.4, -0.2) is 25.7 Å². The van der Waals surface area contributed by atoms with Crippen LogP contribution in [0, 0.1) is 0 Å². The minimum atomic E-state index is -3.78. The first-order chi connectivity index (χ1) is 7.89. The topological polar surface area (TPSA) is 54.5 Å². The number of carbonyl (C=O) groups excluding carboxylic acids is 1. The molecule has 0 aliphatic rings. The van der Waals surface area contributed by atoms with Crippen LogP contribution in [0.2, 0.25) is 5.02 Å². The highest BCUT2D eigenvalue weighted by molar-refractivity contribution is 7.89. The van der Waals surface area contributed by atoms with Crippen LogP contribution in [0.15, 0.2) is 29.2 Å². The van der Waals surface area contributed by atoms with E-state index in [1.807, 2.05) is 6.92 Å². The van der Waals surface area contributed by atoms with Gasteiger partial charge in [-0.25, -0.2) is 12.7 Å². The van der Waals surface area contributed by atoms with Gasteiger partial charge >= 0.3 is 0 Å². The summed E-state index contributed by atoms with van der Waals surface area (Å²) < 4.78 is 24.9. The summed E-state index contributed by atoms with van der Waals surface area (Å²) in [5.41, 5.74) is 0. The van der Waals surface area contributed by atoms with Gasteiger partial charge in [-0.05, 0) is 24.6 Å². The van der Waals surface area contributed by atoms with E-state index in [2.05, 4.69) is 0 Å². The molecule has 0 bridgehead atoms. The monoisotopic (exact) mass is 275 g/mol. The van der Waals surface area contributed by atoms with Gasteiger partial charge in [-0.1, -0.05) is 24.6 Å². The molecule has 0 saturated carbocycles. The molecule has 0 fully saturated rings. The lowest BCUT2D eigenvalue weighted by molar-refractivity contribution is -0.125. The first-order valence-corrected chi connectivity index (χ1v) is 6.98. The number of amides is 1. The first kappa shape index (κ1) is 14.0. The zero-order chi connectivity index (χ0) is 13.1. The molecule has 0 aliphatic carbocycles. The van der Waals surface area contributed by atoms with Crippen LogP contribution in [0.4, 0.5) is 0 Å². The van der Waals surface area contributed by atoms with Crippen molar-refractivity contribution in [2.75, 3.05) is 7.05 Å². The van der Waals surface area contributed by atoms with E-state index in [1.165, 1.54) is 25.2 Å². The van der Waals surface area contributed by atoms with Gasteiger partial charge in [0.15, 0.2) is 0 Å². The molecule has 0 aromatic heterocycles. The summed E-state index contributed by atoms with van der Waals surface area (Å²) in [6.07, 6.45) is 0.810. The summed E-state index contributed by atoms with van der Waals surface area (Å²) in [6.45, 7) is 1.82. The standard InChI is InChI=1S/C11H14ClNO3S/c1-3-5-11(14)13(2)17(15,16)10-7-4-6-9(12)8-10/h4,6-8H,3,5H2,1-2H3. The summed E-state index contributed by atoms with van der Waals surface area (Å²) in [5, 5.41) is 0.322. The SMILES string of the molecule is CCCC(=O)N(C)S(=O)(=O)c1cccc(Cl)c1. The smallest absolute Gasteiger partial charge is 0.266 e. The number of sulfonamides is 1. The molecule has 1 aromatic rings. The minimum absolute atomic E-state index is 0.0250. The van der Waals surface area contributed by atoms with E-state index in [4.69, 9.17) is 11.6 Å². The third-order valence-electron chi connectivity index (χ3n) is 2.27. The Morgan fingerprint density at radius 2 is 2.06 bits per heavy atom. The van der Waals surface area contributed by atoms with Crippen LogP contribution in [0.25, 0.3) is 0 Å². The molecule has 17 heavy (non-hydrogen) atoms. The molecule has 0 saturated heterocycles. The largest absolute Gasteiger partial charge is 0.274 e. The summed E-state index contributed by atoms with van der Waals surface area (Å²) >= 11 is 5.73. The zero-order valence-corrected chi connectivity index (χ0v) is 11.3. The van der Waals surface area contributed by atoms with Crippen molar-refractivity contribution in [3.05, 3.63) is 29.3 Å². The molecular weight excluding hydrogens is 262 g/mol. The van der Waals surface area contributed by atoms with Crippen molar-refractivity contribution in [3.63, 3.8) is 0 Å². The molecule has 1 rings (SSSR count). The number of halogens is 1. The Labute approximate surface area is 106 Å². The van der Waals surface area contributed by atoms with Crippen LogP contribution in [0.5, 0.6) is 0 Å². The van der Waals surface area contributed by atoms with Crippen molar-refractivity contribution in [2.45, 2.75) is 24.7 Å². The quantitative estimate of drug-likeness (QED) is 0.847. The molecule has 0 spiro atoms. The van der Waals surface area contributed by atoms with Crippen LogP contribution in [0.1, 0.15) is 19.8 Å². The lowest BCUT2D eigenvalue weighted by Crippen LogP contribution is -2.32. The van der Waals surface area contributed by atoms with Gasteiger partial charge in [0.25, 0.3) is 10.0 Å². The normalized spacial score (nSPS) is 11.2. The molecule has 94 valence electrons. The number of nitrogens with zero attached hydrogens (tertiary/aromatic N) is 1. The Hall–Kier alpha value is -1.07. The number of benzene rings is 1. The highest BCUT2D eigenvalue weighted by Crippen LogP contribution is 2.19. The van der Waals surface area contributed by atoms with Crippen LogP contribution in [0.3, 0.4) is 0 Å². The number of carbonyl (C=O) groups is 1. The van der Waals surface area contributed by atoms with E-state index in [0.717, 1.165) is 4.31 Å². The van der Waals surface area contributed by atoms with Crippen molar-refractivity contribution < 1.29 is 13.2 Å². The van der Waals surface area contributed by atoms with Crippen molar-refractivity contribution in [1.29, 1.82) is 0 Å². The molecule has 1 aromatic carbocycles. The van der Waals surface area contributed by atoms with Crippen molar-refractivity contribution in [2.24, 2.45) is 0 Å². The fraction of sp³-hybridized carbons (Fsp3) is 0.364. The first-order valence-electron chi connectivity index (χ1n) is 5.17. The van der Waals surface area contributed by atoms with Crippen LogP contribution in [-0.2, 0) is 14.8 Å². The second-order valence-electron chi connectivity index (χ2n) is 3.57. The average molecular weight is 276 g/mol. The van der Waals surface area contributed by atoms with Gasteiger partial charge < -0.3 is 0 Å². The maximum absolute atomic E-state index is 12.0. The van der Waals surface area contributed by atoms with E-state index in [0.29, 0.717) is 11.4 Å². The number of hydrogen-bond donors (Lipinski definition) is 0. The summed E-state index contributed by atoms with van der Waals surface area (Å²) in [6, 6.07) is 5.85. The maximum atomic E-state index is 12.0. The van der Waals surface area contributed by atoms with Crippen LogP contribution < -0.4 is 0 Å². The molecule has 4 nitrogen and oxygen atoms in total. The van der Waals surface area contributed by atoms with E-state index in [9.17, 15) is 13.2 Å². The summed E-state index contributed by atoms with van der Waals surface area (Å²) in [7, 11) is -2.53. The van der Waals surface area contributed by atoms with Crippen molar-refractivity contribution >= 4 is 27.5 Å². The zero-order valence-electron chi connectivity index (χ0n) is 9.68. The van der Waals surface area contributed by atoms with E-state index in [-0.39, 0.29) is 11.3 Å². The fourth-order valence-corrected chi connectivity index (χ4v) is 2.75. The van der Waals surface area contributed by atoms with Crippen molar-refractivity contribution in [3.8, 4) is 0 Å². The molecule has 0 radical (unpaired) electrons. The van der Waals surface area contributed by atoms with Gasteiger partial charge in [0.05, 0.1) is 4.90 Å². The van der Waals surface area contributed by atoms with Crippen molar-refractivity contribution in [1.82, 2.24) is 4.31 Å². The summed E-state index contributed by atoms with van der Waals surface area (Å²) in [5.74, 6) is -0.424. The van der Waals surface area contributed by atoms with Gasteiger partial charge in [0.1, 0.15) is 0 Å². The van der Waals surface area contributed by atoms with Gasteiger partial charge in [-0.15, -0.1) is 0 Å². The molecule has 0 aliphatic heterocycles. The van der Waals surface area contributed by atoms with Gasteiger partial charge in [0.2, 0.25) is 5.91 Å². The minimum Gasteiger partial charge on any atom is -0.274 e. The fourth-order valence-electron chi connectivity index (χ4n) is 1.29. The van der Waals surface area contributed by atoms with E-state index in [1.54, 1.807) is 6.07 Å². The molecule has 0 unspecified atom stereocenters. The lowest BCUT2D eigenvalue weighted by atomic mass is 10.3. The maximum Gasteiger partial charge on any atom is 0.266 e. The molecule has 0 heterocycles. The molecule has 1 amide bonds. The molecular formula is C11H14ClNO3S.